The van der Waals surface area contributed by atoms with Crippen molar-refractivity contribution in [2.45, 2.75) is 44.8 Å². The minimum Gasteiger partial charge on any atom is -0.361 e. The molecule has 1 fully saturated rings. The Labute approximate surface area is 189 Å². The van der Waals surface area contributed by atoms with Gasteiger partial charge in [0.1, 0.15) is 11.7 Å². The molecule has 3 heterocycles. The summed E-state index contributed by atoms with van der Waals surface area (Å²) in [5.41, 5.74) is 11.6. The summed E-state index contributed by atoms with van der Waals surface area (Å²) >= 11 is 0. The summed E-state index contributed by atoms with van der Waals surface area (Å²) in [4.78, 5) is 10.7. The monoisotopic (exact) mass is 428 g/mol. The van der Waals surface area contributed by atoms with E-state index in [1.54, 1.807) is 0 Å². The van der Waals surface area contributed by atoms with Gasteiger partial charge in [-0.1, -0.05) is 35.9 Å². The Morgan fingerprint density at radius 2 is 1.84 bits per heavy atom. The number of nitrogens with two attached hydrogens (primary N) is 1. The summed E-state index contributed by atoms with van der Waals surface area (Å²) in [5, 5.41) is 8.24. The molecule has 5 rings (SSSR count). The fourth-order valence-corrected chi connectivity index (χ4v) is 4.59. The molecule has 0 radical (unpaired) electrons. The SMILES string of the molecule is Cc1ccc(NC2=CC(N3CCCCC3)=NC(N)(CCc3c[nH]c4ccccc34)N2)cc1. The second kappa shape index (κ2) is 8.71. The number of hydrogen-bond donors (Lipinski definition) is 4. The number of aliphatic imine (C=N–C) groups is 1. The van der Waals surface area contributed by atoms with Gasteiger partial charge >= 0.3 is 0 Å². The highest BCUT2D eigenvalue weighted by molar-refractivity contribution is 5.95. The number of likely N-dealkylation sites (tertiary alicyclic amines) is 1. The molecule has 3 aromatic rings. The zero-order chi connectivity index (χ0) is 22.0. The molecule has 166 valence electrons. The van der Waals surface area contributed by atoms with Gasteiger partial charge in [-0.15, -0.1) is 0 Å². The van der Waals surface area contributed by atoms with Crippen LogP contribution in [0.3, 0.4) is 0 Å². The van der Waals surface area contributed by atoms with Crippen LogP contribution in [0, 0.1) is 6.92 Å². The predicted octanol–water partition coefficient (Wildman–Crippen LogP) is 4.46. The maximum atomic E-state index is 6.87. The molecule has 1 unspecified atom stereocenters. The van der Waals surface area contributed by atoms with Crippen molar-refractivity contribution in [1.82, 2.24) is 15.2 Å². The zero-order valence-corrected chi connectivity index (χ0v) is 18.7. The van der Waals surface area contributed by atoms with Crippen LogP contribution in [0.1, 0.15) is 36.8 Å². The molecule has 2 aromatic carbocycles. The molecular formula is C26H32N6. The summed E-state index contributed by atoms with van der Waals surface area (Å²) in [6.07, 6.45) is 9.41. The maximum Gasteiger partial charge on any atom is 0.185 e. The largest absolute Gasteiger partial charge is 0.361 e. The van der Waals surface area contributed by atoms with Crippen molar-refractivity contribution in [3.8, 4) is 0 Å². The molecule has 1 atom stereocenters. The number of benzene rings is 2. The Morgan fingerprint density at radius 3 is 2.66 bits per heavy atom. The standard InChI is InChI=1S/C26H32N6/c1-19-9-11-21(12-10-19)29-24-17-25(32-15-5-2-6-16-32)31-26(27,30-24)14-13-20-18-28-23-8-4-3-7-22(20)23/h3-4,7-12,17-18,28-30H,2,5-6,13-16,27H2,1H3. The third-order valence-corrected chi connectivity index (χ3v) is 6.40. The van der Waals surface area contributed by atoms with Crippen LogP contribution in [0.5, 0.6) is 0 Å². The first-order valence-electron chi connectivity index (χ1n) is 11.6. The predicted molar refractivity (Wildman–Crippen MR) is 132 cm³/mol. The van der Waals surface area contributed by atoms with E-state index < -0.39 is 5.79 Å². The number of H-pyrrole nitrogens is 1. The number of aromatic amines is 1. The van der Waals surface area contributed by atoms with Gasteiger partial charge in [0.15, 0.2) is 5.79 Å². The molecule has 0 aliphatic carbocycles. The van der Waals surface area contributed by atoms with Gasteiger partial charge in [-0.3, -0.25) is 5.73 Å². The van der Waals surface area contributed by atoms with Gasteiger partial charge in [0.25, 0.3) is 0 Å². The summed E-state index contributed by atoms with van der Waals surface area (Å²) in [6, 6.07) is 16.8. The van der Waals surface area contributed by atoms with Crippen molar-refractivity contribution in [3.63, 3.8) is 0 Å². The van der Waals surface area contributed by atoms with Crippen LogP contribution in [0.2, 0.25) is 0 Å². The van der Waals surface area contributed by atoms with Crippen molar-refractivity contribution in [1.29, 1.82) is 0 Å². The second-order valence-corrected chi connectivity index (χ2v) is 8.98. The van der Waals surface area contributed by atoms with Gasteiger partial charge in [0.2, 0.25) is 0 Å². The van der Waals surface area contributed by atoms with Crippen molar-refractivity contribution in [3.05, 3.63) is 77.8 Å². The van der Waals surface area contributed by atoms with Gasteiger partial charge in [0.05, 0.1) is 0 Å². The van der Waals surface area contributed by atoms with Gasteiger partial charge in [0, 0.05) is 48.4 Å². The van der Waals surface area contributed by atoms with E-state index in [-0.39, 0.29) is 0 Å². The topological polar surface area (TPSA) is 81.5 Å². The number of piperidine rings is 1. The molecule has 0 saturated carbocycles. The first kappa shape index (κ1) is 20.6. The lowest BCUT2D eigenvalue weighted by Crippen LogP contribution is -2.56. The molecule has 0 spiro atoms. The summed E-state index contributed by atoms with van der Waals surface area (Å²) in [5.74, 6) is 0.998. The van der Waals surface area contributed by atoms with Crippen molar-refractivity contribution >= 4 is 22.4 Å². The van der Waals surface area contributed by atoms with Crippen LogP contribution in [0.25, 0.3) is 10.9 Å². The first-order chi connectivity index (χ1) is 15.6. The summed E-state index contributed by atoms with van der Waals surface area (Å²) in [6.45, 7) is 4.16. The molecular weight excluding hydrogens is 396 g/mol. The van der Waals surface area contributed by atoms with Gasteiger partial charge in [-0.05, 0) is 56.4 Å². The number of aromatic nitrogens is 1. The van der Waals surface area contributed by atoms with Crippen LogP contribution in [-0.4, -0.2) is 34.6 Å². The van der Waals surface area contributed by atoms with Crippen LogP contribution < -0.4 is 16.4 Å². The number of hydrogen-bond acceptors (Lipinski definition) is 5. The van der Waals surface area contributed by atoms with E-state index in [4.69, 9.17) is 10.7 Å². The maximum absolute atomic E-state index is 6.87. The molecule has 1 saturated heterocycles. The highest BCUT2D eigenvalue weighted by Gasteiger charge is 2.31. The lowest BCUT2D eigenvalue weighted by Gasteiger charge is -2.37. The van der Waals surface area contributed by atoms with Crippen molar-refractivity contribution in [2.75, 3.05) is 18.4 Å². The minimum atomic E-state index is -0.868. The average molecular weight is 429 g/mol. The summed E-state index contributed by atoms with van der Waals surface area (Å²) in [7, 11) is 0. The Balaban J connectivity index is 1.38. The molecule has 1 aromatic heterocycles. The molecule has 6 nitrogen and oxygen atoms in total. The van der Waals surface area contributed by atoms with E-state index in [1.807, 2.05) is 0 Å². The number of fused-ring (bicyclic) bond motifs is 1. The van der Waals surface area contributed by atoms with Gasteiger partial charge in [-0.2, -0.15) is 0 Å². The Bertz CT molecular complexity index is 1140. The lowest BCUT2D eigenvalue weighted by molar-refractivity contribution is 0.313. The molecule has 6 heteroatoms. The second-order valence-electron chi connectivity index (χ2n) is 8.98. The smallest absolute Gasteiger partial charge is 0.185 e. The first-order valence-corrected chi connectivity index (χ1v) is 11.6. The highest BCUT2D eigenvalue weighted by atomic mass is 15.4. The fraction of sp³-hybridized carbons (Fsp3) is 0.346. The van der Waals surface area contributed by atoms with E-state index in [9.17, 15) is 0 Å². The Hall–Kier alpha value is -3.25. The van der Waals surface area contributed by atoms with Crippen LogP contribution >= 0.6 is 0 Å². The van der Waals surface area contributed by atoms with Gasteiger partial charge < -0.3 is 20.5 Å². The Morgan fingerprint density at radius 1 is 1.06 bits per heavy atom. The van der Waals surface area contributed by atoms with Gasteiger partial charge in [-0.25, -0.2) is 4.99 Å². The van der Waals surface area contributed by atoms with Crippen LogP contribution in [-0.2, 0) is 6.42 Å². The van der Waals surface area contributed by atoms with E-state index in [1.165, 1.54) is 35.8 Å². The quantitative estimate of drug-likeness (QED) is 0.484. The van der Waals surface area contributed by atoms with Crippen molar-refractivity contribution < 1.29 is 0 Å². The highest BCUT2D eigenvalue weighted by Crippen LogP contribution is 2.24. The van der Waals surface area contributed by atoms with Crippen LogP contribution in [0.4, 0.5) is 5.69 Å². The lowest BCUT2D eigenvalue weighted by atomic mass is 10.0. The number of nitrogens with zero attached hydrogens (tertiary/aromatic N) is 2. The number of nitrogens with one attached hydrogen (secondary N) is 3. The number of aryl methyl sites for hydroxylation is 2. The van der Waals surface area contributed by atoms with E-state index in [0.717, 1.165) is 42.4 Å². The van der Waals surface area contributed by atoms with E-state index in [0.29, 0.717) is 6.42 Å². The molecule has 0 amide bonds. The average Bonchev–Trinajstić information content (AvgIpc) is 3.23. The van der Waals surface area contributed by atoms with E-state index >= 15 is 0 Å². The Kier molecular flexibility index (Phi) is 5.62. The third kappa shape index (κ3) is 4.50. The molecule has 0 bridgehead atoms. The molecule has 2 aliphatic rings. The fourth-order valence-electron chi connectivity index (χ4n) is 4.59. The molecule has 32 heavy (non-hydrogen) atoms. The number of para-hydroxylation sites is 1. The minimum absolute atomic E-state index is 0.694. The molecule has 5 N–H and O–H groups in total. The third-order valence-electron chi connectivity index (χ3n) is 6.40. The van der Waals surface area contributed by atoms with Crippen LogP contribution in [0.15, 0.2) is 71.6 Å². The summed E-state index contributed by atoms with van der Waals surface area (Å²) < 4.78 is 0. The van der Waals surface area contributed by atoms with E-state index in [2.05, 4.69) is 88.2 Å². The number of rotatable bonds is 5. The van der Waals surface area contributed by atoms with Crippen molar-refractivity contribution in [2.24, 2.45) is 10.7 Å². The zero-order valence-electron chi connectivity index (χ0n) is 18.7. The number of amidine groups is 1. The normalized spacial score (nSPS) is 21.1. The number of anilines is 1. The molecule has 2 aliphatic heterocycles.